The molecule has 0 amide bonds. The number of methoxy groups -OCH3 is 1. The molecule has 0 saturated carbocycles. The van der Waals surface area contributed by atoms with E-state index in [9.17, 15) is 4.21 Å². The van der Waals surface area contributed by atoms with Gasteiger partial charge >= 0.3 is 0 Å². The Labute approximate surface area is 104 Å². The SMILES string of the molecule is CCCC[S@@](=O)Cc1csc([C@@H](C)OC)n1. The fourth-order valence-corrected chi connectivity index (χ4v) is 3.41. The van der Waals surface area contributed by atoms with Crippen LogP contribution in [0.15, 0.2) is 5.38 Å². The van der Waals surface area contributed by atoms with Gasteiger partial charge in [0.15, 0.2) is 0 Å². The van der Waals surface area contributed by atoms with Crippen LogP contribution in [-0.4, -0.2) is 22.1 Å². The molecule has 0 aliphatic carbocycles. The second kappa shape index (κ2) is 7.14. The number of nitrogens with zero attached hydrogens (tertiary/aromatic N) is 1. The van der Waals surface area contributed by atoms with E-state index in [1.165, 1.54) is 0 Å². The third kappa shape index (κ3) is 4.31. The Morgan fingerprint density at radius 1 is 1.62 bits per heavy atom. The van der Waals surface area contributed by atoms with E-state index in [2.05, 4.69) is 11.9 Å². The molecular weight excluding hydrogens is 242 g/mol. The molecule has 0 fully saturated rings. The molecule has 3 nitrogen and oxygen atoms in total. The molecule has 1 heterocycles. The lowest BCUT2D eigenvalue weighted by Crippen LogP contribution is -2.02. The molecule has 0 aliphatic rings. The first kappa shape index (κ1) is 13.8. The van der Waals surface area contributed by atoms with Gasteiger partial charge in [0.1, 0.15) is 11.1 Å². The number of rotatable bonds is 7. The first-order valence-corrected chi connectivity index (χ1v) is 7.86. The van der Waals surface area contributed by atoms with Crippen LogP contribution in [0.25, 0.3) is 0 Å². The van der Waals surface area contributed by atoms with Crippen LogP contribution < -0.4 is 0 Å². The highest BCUT2D eigenvalue weighted by molar-refractivity contribution is 7.84. The van der Waals surface area contributed by atoms with Crippen molar-refractivity contribution in [2.75, 3.05) is 12.9 Å². The Hall–Kier alpha value is -0.260. The summed E-state index contributed by atoms with van der Waals surface area (Å²) in [7, 11) is 0.902. The quantitative estimate of drug-likeness (QED) is 0.757. The van der Waals surface area contributed by atoms with Gasteiger partial charge in [0.05, 0.1) is 11.4 Å². The molecule has 2 atom stereocenters. The van der Waals surface area contributed by atoms with Crippen LogP contribution in [0.3, 0.4) is 0 Å². The summed E-state index contributed by atoms with van der Waals surface area (Å²) in [6.07, 6.45) is 2.15. The standard InChI is InChI=1S/C11H19NO2S2/c1-4-5-6-16(13)8-10-7-15-11(12-10)9(2)14-3/h7,9H,4-6,8H2,1-3H3/t9-,16-/m1/s1. The zero-order chi connectivity index (χ0) is 12.0. The van der Waals surface area contributed by atoms with Crippen molar-refractivity contribution in [3.8, 4) is 0 Å². The summed E-state index contributed by atoms with van der Waals surface area (Å²) in [4.78, 5) is 4.43. The number of hydrogen-bond donors (Lipinski definition) is 0. The highest BCUT2D eigenvalue weighted by Gasteiger charge is 2.10. The number of thiazole rings is 1. The third-order valence-electron chi connectivity index (χ3n) is 2.31. The first-order valence-electron chi connectivity index (χ1n) is 5.49. The summed E-state index contributed by atoms with van der Waals surface area (Å²) in [5.41, 5.74) is 0.929. The van der Waals surface area contributed by atoms with Gasteiger partial charge in [0, 0.05) is 29.0 Å². The normalized spacial score (nSPS) is 14.9. The molecular formula is C11H19NO2S2. The zero-order valence-electron chi connectivity index (χ0n) is 10.1. The van der Waals surface area contributed by atoms with E-state index >= 15 is 0 Å². The summed E-state index contributed by atoms with van der Waals surface area (Å²) >= 11 is 1.58. The molecule has 16 heavy (non-hydrogen) atoms. The monoisotopic (exact) mass is 261 g/mol. The van der Waals surface area contributed by atoms with Gasteiger partial charge in [0.2, 0.25) is 0 Å². The number of aromatic nitrogens is 1. The molecule has 0 unspecified atom stereocenters. The van der Waals surface area contributed by atoms with Crippen molar-refractivity contribution in [3.05, 3.63) is 16.1 Å². The lowest BCUT2D eigenvalue weighted by atomic mass is 10.4. The van der Waals surface area contributed by atoms with Crippen LogP contribution in [0.1, 0.15) is 43.5 Å². The Balaban J connectivity index is 2.48. The van der Waals surface area contributed by atoms with Crippen molar-refractivity contribution in [3.63, 3.8) is 0 Å². The van der Waals surface area contributed by atoms with Gasteiger partial charge in [0.25, 0.3) is 0 Å². The average molecular weight is 261 g/mol. The molecule has 5 heteroatoms. The Kier molecular flexibility index (Phi) is 6.16. The van der Waals surface area contributed by atoms with Gasteiger partial charge in [-0.1, -0.05) is 13.3 Å². The lowest BCUT2D eigenvalue weighted by Gasteiger charge is -2.03. The van der Waals surface area contributed by atoms with Crippen LogP contribution in [0.4, 0.5) is 0 Å². The van der Waals surface area contributed by atoms with E-state index in [4.69, 9.17) is 4.74 Å². The van der Waals surface area contributed by atoms with Gasteiger partial charge in [-0.2, -0.15) is 0 Å². The van der Waals surface area contributed by atoms with E-state index in [-0.39, 0.29) is 6.10 Å². The van der Waals surface area contributed by atoms with Crippen molar-refractivity contribution in [1.29, 1.82) is 0 Å². The maximum Gasteiger partial charge on any atom is 0.122 e. The van der Waals surface area contributed by atoms with E-state index in [0.717, 1.165) is 29.3 Å². The fourth-order valence-electron chi connectivity index (χ4n) is 1.22. The molecule has 0 bridgehead atoms. The van der Waals surface area contributed by atoms with Crippen molar-refractivity contribution >= 4 is 22.1 Å². The second-order valence-electron chi connectivity index (χ2n) is 3.70. The Bertz CT molecular complexity index is 338. The predicted molar refractivity (Wildman–Crippen MR) is 69.2 cm³/mol. The summed E-state index contributed by atoms with van der Waals surface area (Å²) < 4.78 is 16.9. The van der Waals surface area contributed by atoms with E-state index in [1.807, 2.05) is 12.3 Å². The van der Waals surface area contributed by atoms with E-state index in [1.54, 1.807) is 18.4 Å². The van der Waals surface area contributed by atoms with Gasteiger partial charge in [-0.3, -0.25) is 4.21 Å². The van der Waals surface area contributed by atoms with Gasteiger partial charge in [-0.15, -0.1) is 11.3 Å². The summed E-state index contributed by atoms with van der Waals surface area (Å²) in [6.45, 7) is 4.08. The summed E-state index contributed by atoms with van der Waals surface area (Å²) in [6, 6.07) is 0. The molecule has 0 N–H and O–H groups in total. The summed E-state index contributed by atoms with van der Waals surface area (Å²) in [5, 5.41) is 2.94. The maximum atomic E-state index is 11.7. The highest BCUT2D eigenvalue weighted by atomic mass is 32.2. The Morgan fingerprint density at radius 2 is 2.38 bits per heavy atom. The van der Waals surface area contributed by atoms with Crippen LogP contribution in [0.5, 0.6) is 0 Å². The topological polar surface area (TPSA) is 39.2 Å². The zero-order valence-corrected chi connectivity index (χ0v) is 11.7. The lowest BCUT2D eigenvalue weighted by molar-refractivity contribution is 0.119. The molecule has 92 valence electrons. The van der Waals surface area contributed by atoms with Crippen LogP contribution >= 0.6 is 11.3 Å². The van der Waals surface area contributed by atoms with Crippen molar-refractivity contribution < 1.29 is 8.95 Å². The summed E-state index contributed by atoms with van der Waals surface area (Å²) in [5.74, 6) is 1.36. The number of unbranched alkanes of at least 4 members (excludes halogenated alkanes) is 1. The van der Waals surface area contributed by atoms with Gasteiger partial charge in [-0.25, -0.2) is 4.98 Å². The molecule has 1 aromatic heterocycles. The Morgan fingerprint density at radius 3 is 3.00 bits per heavy atom. The van der Waals surface area contributed by atoms with Crippen LogP contribution in [0.2, 0.25) is 0 Å². The largest absolute Gasteiger partial charge is 0.375 e. The fraction of sp³-hybridized carbons (Fsp3) is 0.727. The van der Waals surface area contributed by atoms with Crippen molar-refractivity contribution in [2.45, 2.75) is 38.5 Å². The van der Waals surface area contributed by atoms with Gasteiger partial charge in [-0.05, 0) is 13.3 Å². The molecule has 0 saturated heterocycles. The minimum absolute atomic E-state index is 0.0304. The van der Waals surface area contributed by atoms with Crippen molar-refractivity contribution in [2.24, 2.45) is 0 Å². The van der Waals surface area contributed by atoms with Gasteiger partial charge < -0.3 is 4.74 Å². The minimum Gasteiger partial charge on any atom is -0.375 e. The third-order valence-corrected chi connectivity index (χ3v) is 4.72. The van der Waals surface area contributed by atoms with E-state index < -0.39 is 10.8 Å². The minimum atomic E-state index is -0.769. The molecule has 1 rings (SSSR count). The average Bonchev–Trinajstić information content (AvgIpc) is 2.73. The predicted octanol–water partition coefficient (Wildman–Crippen LogP) is 2.90. The smallest absolute Gasteiger partial charge is 0.122 e. The van der Waals surface area contributed by atoms with Crippen molar-refractivity contribution in [1.82, 2.24) is 4.98 Å². The van der Waals surface area contributed by atoms with E-state index in [0.29, 0.717) is 5.75 Å². The molecule has 0 aliphatic heterocycles. The molecule has 1 aromatic rings. The molecule has 0 aromatic carbocycles. The molecule has 0 spiro atoms. The highest BCUT2D eigenvalue weighted by Crippen LogP contribution is 2.21. The maximum absolute atomic E-state index is 11.7. The van der Waals surface area contributed by atoms with Crippen LogP contribution in [0, 0.1) is 0 Å². The van der Waals surface area contributed by atoms with Crippen LogP contribution in [-0.2, 0) is 21.3 Å². The second-order valence-corrected chi connectivity index (χ2v) is 6.16. The molecule has 0 radical (unpaired) electrons. The number of hydrogen-bond acceptors (Lipinski definition) is 4. The number of ether oxygens (including phenoxy) is 1. The first-order chi connectivity index (χ1) is 7.67.